The number of alkyl carbamates (subject to hydrolysis) is 1. The molecule has 0 saturated heterocycles. The largest absolute Gasteiger partial charge is 0.467 e. The van der Waals surface area contributed by atoms with E-state index in [1.807, 2.05) is 6.07 Å². The smallest absolute Gasteiger partial charge is 0.408 e. The second-order valence-corrected chi connectivity index (χ2v) is 5.53. The Hall–Kier alpha value is -2.87. The van der Waals surface area contributed by atoms with Crippen molar-refractivity contribution in [3.8, 4) is 0 Å². The molecule has 0 aliphatic heterocycles. The maximum Gasteiger partial charge on any atom is 0.408 e. The van der Waals surface area contributed by atoms with Gasteiger partial charge < -0.3 is 25.2 Å². The third kappa shape index (κ3) is 6.94. The molecule has 0 fully saturated rings. The highest BCUT2D eigenvalue weighted by atomic mass is 16.5. The first-order chi connectivity index (χ1) is 12.4. The molecule has 0 saturated carbocycles. The average Bonchev–Trinajstić information content (AvgIpc) is 2.63. The first kappa shape index (κ1) is 21.2. The molecule has 142 valence electrons. The van der Waals surface area contributed by atoms with Crippen molar-refractivity contribution < 1.29 is 29.0 Å². The third-order valence-electron chi connectivity index (χ3n) is 3.46. The molecule has 0 unspecified atom stereocenters. The normalized spacial score (nSPS) is 13.7. The third-order valence-corrected chi connectivity index (χ3v) is 3.46. The van der Waals surface area contributed by atoms with Gasteiger partial charge in [0.15, 0.2) is 0 Å². The molecule has 0 aliphatic rings. The molecular formula is C18H24N2O6. The van der Waals surface area contributed by atoms with Crippen LogP contribution < -0.4 is 10.6 Å². The number of methoxy groups -OCH3 is 1. The van der Waals surface area contributed by atoms with Gasteiger partial charge >= 0.3 is 12.1 Å². The van der Waals surface area contributed by atoms with Crippen LogP contribution in [-0.4, -0.2) is 48.4 Å². The van der Waals surface area contributed by atoms with Gasteiger partial charge in [-0.15, -0.1) is 6.58 Å². The van der Waals surface area contributed by atoms with Crippen molar-refractivity contribution in [2.24, 2.45) is 0 Å². The summed E-state index contributed by atoms with van der Waals surface area (Å²) >= 11 is 0. The molecule has 0 bridgehead atoms. The van der Waals surface area contributed by atoms with E-state index < -0.39 is 36.2 Å². The number of nitrogens with one attached hydrogen (secondary N) is 2. The number of ether oxygens (including phenoxy) is 2. The lowest BCUT2D eigenvalue weighted by atomic mass is 10.1. The van der Waals surface area contributed by atoms with Crippen molar-refractivity contribution in [2.75, 3.05) is 7.11 Å². The molecule has 8 nitrogen and oxygen atoms in total. The van der Waals surface area contributed by atoms with Gasteiger partial charge in [0.2, 0.25) is 5.91 Å². The highest BCUT2D eigenvalue weighted by molar-refractivity contribution is 5.90. The molecule has 2 amide bonds. The minimum Gasteiger partial charge on any atom is -0.467 e. The summed E-state index contributed by atoms with van der Waals surface area (Å²) in [4.78, 5) is 35.9. The van der Waals surface area contributed by atoms with Crippen molar-refractivity contribution in [3.63, 3.8) is 0 Å². The Morgan fingerprint density at radius 3 is 2.42 bits per heavy atom. The van der Waals surface area contributed by atoms with E-state index in [4.69, 9.17) is 4.74 Å². The van der Waals surface area contributed by atoms with E-state index in [0.717, 1.165) is 5.56 Å². The summed E-state index contributed by atoms with van der Waals surface area (Å²) < 4.78 is 9.63. The minimum atomic E-state index is -1.30. The molecule has 1 rings (SSSR count). The molecule has 3 N–H and O–H groups in total. The molecule has 3 atom stereocenters. The van der Waals surface area contributed by atoms with Gasteiger partial charge in [-0.25, -0.2) is 9.59 Å². The summed E-state index contributed by atoms with van der Waals surface area (Å²) in [5.74, 6) is -1.40. The second kappa shape index (κ2) is 10.9. The monoisotopic (exact) mass is 364 g/mol. The van der Waals surface area contributed by atoms with Crippen molar-refractivity contribution in [1.82, 2.24) is 10.6 Å². The van der Waals surface area contributed by atoms with Gasteiger partial charge in [-0.05, 0) is 18.9 Å². The number of hydrogen-bond acceptors (Lipinski definition) is 6. The van der Waals surface area contributed by atoms with E-state index in [1.54, 1.807) is 24.3 Å². The molecule has 8 heteroatoms. The fraction of sp³-hybridized carbons (Fsp3) is 0.389. The predicted molar refractivity (Wildman–Crippen MR) is 94.0 cm³/mol. The van der Waals surface area contributed by atoms with Crippen molar-refractivity contribution in [3.05, 3.63) is 48.6 Å². The number of carbonyl (C=O) groups is 3. The summed E-state index contributed by atoms with van der Waals surface area (Å²) in [6.45, 7) is 4.86. The highest BCUT2D eigenvalue weighted by Gasteiger charge is 2.30. The zero-order valence-corrected chi connectivity index (χ0v) is 14.8. The first-order valence-corrected chi connectivity index (χ1v) is 8.03. The van der Waals surface area contributed by atoms with Crippen LogP contribution in [0.1, 0.15) is 18.9 Å². The van der Waals surface area contributed by atoms with Crippen LogP contribution in [0.3, 0.4) is 0 Å². The van der Waals surface area contributed by atoms with E-state index in [2.05, 4.69) is 21.9 Å². The Morgan fingerprint density at radius 2 is 1.88 bits per heavy atom. The first-order valence-electron chi connectivity index (χ1n) is 8.03. The van der Waals surface area contributed by atoms with E-state index >= 15 is 0 Å². The lowest BCUT2D eigenvalue weighted by Crippen LogP contribution is -2.55. The van der Waals surface area contributed by atoms with E-state index in [-0.39, 0.29) is 13.0 Å². The minimum absolute atomic E-state index is 0.0159. The van der Waals surface area contributed by atoms with Gasteiger partial charge in [-0.3, -0.25) is 4.79 Å². The number of carbonyl (C=O) groups excluding carboxylic acids is 3. The molecule has 1 aromatic carbocycles. The quantitative estimate of drug-likeness (QED) is 0.443. The Bertz CT molecular complexity index is 617. The molecule has 0 heterocycles. The Labute approximate surface area is 152 Å². The summed E-state index contributed by atoms with van der Waals surface area (Å²) in [5.41, 5.74) is 0.775. The van der Waals surface area contributed by atoms with E-state index in [1.165, 1.54) is 20.1 Å². The van der Waals surface area contributed by atoms with Crippen LogP contribution in [0.4, 0.5) is 4.79 Å². The Kier molecular flexibility index (Phi) is 8.86. The van der Waals surface area contributed by atoms with Crippen LogP contribution in [0.25, 0.3) is 0 Å². The van der Waals surface area contributed by atoms with Crippen molar-refractivity contribution in [1.29, 1.82) is 0 Å². The lowest BCUT2D eigenvalue weighted by Gasteiger charge is -2.23. The molecule has 0 aromatic heterocycles. The number of aliphatic hydroxyl groups excluding tert-OH is 1. The molecular weight excluding hydrogens is 340 g/mol. The van der Waals surface area contributed by atoms with Crippen LogP contribution in [0.5, 0.6) is 0 Å². The van der Waals surface area contributed by atoms with Gasteiger partial charge in [0.05, 0.1) is 13.2 Å². The summed E-state index contributed by atoms with van der Waals surface area (Å²) in [7, 11) is 1.19. The average molecular weight is 364 g/mol. The Balaban J connectivity index is 2.65. The van der Waals surface area contributed by atoms with Gasteiger partial charge in [0.1, 0.15) is 18.7 Å². The fourth-order valence-corrected chi connectivity index (χ4v) is 2.08. The van der Waals surface area contributed by atoms with Crippen LogP contribution in [0.2, 0.25) is 0 Å². The topological polar surface area (TPSA) is 114 Å². The fourth-order valence-electron chi connectivity index (χ4n) is 2.08. The zero-order valence-electron chi connectivity index (χ0n) is 14.8. The number of hydrogen-bond donors (Lipinski definition) is 3. The molecule has 0 aliphatic carbocycles. The standard InChI is InChI=1S/C18H24N2O6/c1-4-8-14(17(23)25-3)19-16(22)15(12(2)21)20-18(24)26-11-13-9-6-5-7-10-13/h4-7,9-10,12,14-15,21H,1,8,11H2,2-3H3,(H,19,22)(H,20,24)/t12-,14-,15+/m1/s1. The van der Waals surface area contributed by atoms with Crippen molar-refractivity contribution in [2.45, 2.75) is 38.1 Å². The molecule has 0 spiro atoms. The predicted octanol–water partition coefficient (Wildman–Crippen LogP) is 0.896. The summed E-state index contributed by atoms with van der Waals surface area (Å²) in [6, 6.07) is 6.73. The van der Waals surface area contributed by atoms with Crippen LogP contribution in [0, 0.1) is 0 Å². The second-order valence-electron chi connectivity index (χ2n) is 5.53. The molecule has 26 heavy (non-hydrogen) atoms. The van der Waals surface area contributed by atoms with Crippen LogP contribution >= 0.6 is 0 Å². The van der Waals surface area contributed by atoms with Gasteiger partial charge in [0.25, 0.3) is 0 Å². The number of esters is 1. The van der Waals surface area contributed by atoms with Gasteiger partial charge in [0, 0.05) is 0 Å². The van der Waals surface area contributed by atoms with Gasteiger partial charge in [-0.1, -0.05) is 36.4 Å². The summed E-state index contributed by atoms with van der Waals surface area (Å²) in [5, 5.41) is 14.5. The zero-order chi connectivity index (χ0) is 19.5. The number of amides is 2. The number of rotatable bonds is 9. The SMILES string of the molecule is C=CC[C@@H](NC(=O)[C@@H](NC(=O)OCc1ccccc1)[C@@H](C)O)C(=O)OC. The van der Waals surface area contributed by atoms with E-state index in [0.29, 0.717) is 0 Å². The maximum absolute atomic E-state index is 12.3. The lowest BCUT2D eigenvalue weighted by molar-refractivity contribution is -0.145. The highest BCUT2D eigenvalue weighted by Crippen LogP contribution is 2.03. The maximum atomic E-state index is 12.3. The van der Waals surface area contributed by atoms with Gasteiger partial charge in [-0.2, -0.15) is 0 Å². The number of aliphatic hydroxyl groups is 1. The Morgan fingerprint density at radius 1 is 1.23 bits per heavy atom. The molecule has 0 radical (unpaired) electrons. The van der Waals surface area contributed by atoms with E-state index in [9.17, 15) is 19.5 Å². The summed E-state index contributed by atoms with van der Waals surface area (Å²) in [6.07, 6.45) is -0.487. The van der Waals surface area contributed by atoms with Crippen LogP contribution in [-0.2, 0) is 25.7 Å². The number of benzene rings is 1. The van der Waals surface area contributed by atoms with Crippen molar-refractivity contribution >= 4 is 18.0 Å². The molecule has 1 aromatic rings. The van der Waals surface area contributed by atoms with Crippen LogP contribution in [0.15, 0.2) is 43.0 Å².